The highest BCUT2D eigenvalue weighted by Gasteiger charge is 2.26. The molecule has 6 heteroatoms. The van der Waals surface area contributed by atoms with Crippen molar-refractivity contribution in [2.75, 3.05) is 26.2 Å². The predicted octanol–water partition coefficient (Wildman–Crippen LogP) is 3.97. The number of fused-ring (bicyclic) bond motifs is 1. The van der Waals surface area contributed by atoms with Gasteiger partial charge in [0.05, 0.1) is 6.54 Å². The van der Waals surface area contributed by atoms with Crippen molar-refractivity contribution >= 4 is 6.03 Å². The van der Waals surface area contributed by atoms with E-state index in [2.05, 4.69) is 5.32 Å². The molecule has 0 aliphatic carbocycles. The molecule has 2 aromatic rings. The minimum Gasteiger partial charge on any atom is -0.486 e. The molecule has 0 aromatic heterocycles. The van der Waals surface area contributed by atoms with E-state index in [1.165, 1.54) is 12.1 Å². The number of hydrogen-bond acceptors (Lipinski definition) is 3. The van der Waals surface area contributed by atoms with E-state index < -0.39 is 0 Å². The maximum atomic E-state index is 13.2. The summed E-state index contributed by atoms with van der Waals surface area (Å²) < 4.78 is 24.8. The lowest BCUT2D eigenvalue weighted by Gasteiger charge is -2.32. The van der Waals surface area contributed by atoms with Crippen LogP contribution in [0.15, 0.2) is 48.5 Å². The fourth-order valence-corrected chi connectivity index (χ4v) is 3.17. The lowest BCUT2D eigenvalue weighted by molar-refractivity contribution is 0.0674. The van der Waals surface area contributed by atoms with E-state index in [0.717, 1.165) is 11.3 Å². The summed E-state index contributed by atoms with van der Waals surface area (Å²) in [5.41, 5.74) is 0.657. The average Bonchev–Trinajstić information content (AvgIpc) is 2.70. The molecule has 1 atom stereocenters. The van der Waals surface area contributed by atoms with Gasteiger partial charge in [-0.05, 0) is 36.8 Å². The van der Waals surface area contributed by atoms with Gasteiger partial charge in [0.25, 0.3) is 0 Å². The first-order valence-corrected chi connectivity index (χ1v) is 9.56. The number of nitrogens with zero attached hydrogens (tertiary/aromatic N) is 1. The average molecular weight is 386 g/mol. The number of benzene rings is 2. The molecular weight excluding hydrogens is 359 g/mol. The number of carbonyl (C=O) groups is 1. The summed E-state index contributed by atoms with van der Waals surface area (Å²) in [6, 6.07) is 13.8. The van der Waals surface area contributed by atoms with Crippen LogP contribution in [0.2, 0.25) is 0 Å². The SMILES string of the molecule is CCN(CC1COc2ccccc2O1)C(=O)NCC(C)(C)c1ccc(F)cc1. The number of ether oxygens (including phenoxy) is 2. The summed E-state index contributed by atoms with van der Waals surface area (Å²) >= 11 is 0. The molecule has 28 heavy (non-hydrogen) atoms. The van der Waals surface area contributed by atoms with Crippen LogP contribution in [0.4, 0.5) is 9.18 Å². The van der Waals surface area contributed by atoms with Crippen LogP contribution in [0.1, 0.15) is 26.3 Å². The van der Waals surface area contributed by atoms with E-state index in [9.17, 15) is 9.18 Å². The number of urea groups is 1. The van der Waals surface area contributed by atoms with Gasteiger partial charge >= 0.3 is 6.03 Å². The second kappa shape index (κ2) is 8.50. The molecule has 0 fully saturated rings. The van der Waals surface area contributed by atoms with E-state index in [1.807, 2.05) is 45.0 Å². The van der Waals surface area contributed by atoms with Crippen LogP contribution in [0.3, 0.4) is 0 Å². The lowest BCUT2D eigenvalue weighted by atomic mass is 9.84. The third kappa shape index (κ3) is 4.74. The summed E-state index contributed by atoms with van der Waals surface area (Å²) in [7, 11) is 0. The maximum absolute atomic E-state index is 13.2. The number of nitrogens with one attached hydrogen (secondary N) is 1. The van der Waals surface area contributed by atoms with Crippen molar-refractivity contribution in [3.05, 3.63) is 59.9 Å². The standard InChI is InChI=1S/C22H27FN2O3/c1-4-25(13-18-14-27-19-7-5-6-8-20(19)28-18)21(26)24-15-22(2,3)16-9-11-17(23)12-10-16/h5-12,18H,4,13-15H2,1-3H3,(H,24,26). The molecule has 2 aromatic carbocycles. The quantitative estimate of drug-likeness (QED) is 0.817. The second-order valence-electron chi connectivity index (χ2n) is 7.59. The first-order chi connectivity index (χ1) is 13.4. The first kappa shape index (κ1) is 20.0. The maximum Gasteiger partial charge on any atom is 0.317 e. The molecule has 0 radical (unpaired) electrons. The van der Waals surface area contributed by atoms with Gasteiger partial charge in [-0.1, -0.05) is 38.1 Å². The van der Waals surface area contributed by atoms with Crippen LogP contribution in [0, 0.1) is 5.82 Å². The third-order valence-corrected chi connectivity index (χ3v) is 4.97. The smallest absolute Gasteiger partial charge is 0.317 e. The molecule has 1 heterocycles. The van der Waals surface area contributed by atoms with Crippen LogP contribution < -0.4 is 14.8 Å². The summed E-state index contributed by atoms with van der Waals surface area (Å²) in [5.74, 6) is 1.16. The Kier molecular flexibility index (Phi) is 6.07. The Bertz CT molecular complexity index is 808. The van der Waals surface area contributed by atoms with Crippen molar-refractivity contribution in [3.63, 3.8) is 0 Å². The Hall–Kier alpha value is -2.76. The highest BCUT2D eigenvalue weighted by atomic mass is 19.1. The second-order valence-corrected chi connectivity index (χ2v) is 7.59. The summed E-state index contributed by atoms with van der Waals surface area (Å²) in [5, 5.41) is 2.99. The molecule has 0 saturated heterocycles. The van der Waals surface area contributed by atoms with E-state index in [1.54, 1.807) is 17.0 Å². The number of para-hydroxylation sites is 2. The van der Waals surface area contributed by atoms with Gasteiger partial charge < -0.3 is 19.7 Å². The van der Waals surface area contributed by atoms with Crippen LogP contribution >= 0.6 is 0 Å². The topological polar surface area (TPSA) is 50.8 Å². The van der Waals surface area contributed by atoms with Gasteiger partial charge in [0, 0.05) is 18.5 Å². The number of halogens is 1. The molecule has 0 bridgehead atoms. The first-order valence-electron chi connectivity index (χ1n) is 9.56. The molecule has 3 rings (SSSR count). The number of amides is 2. The van der Waals surface area contributed by atoms with Crippen molar-refractivity contribution in [1.82, 2.24) is 10.2 Å². The Morgan fingerprint density at radius 1 is 1.18 bits per heavy atom. The Labute approximate surface area is 165 Å². The van der Waals surface area contributed by atoms with Gasteiger partial charge in [0.15, 0.2) is 17.6 Å². The van der Waals surface area contributed by atoms with Crippen molar-refractivity contribution in [2.45, 2.75) is 32.3 Å². The Balaban J connectivity index is 1.56. The largest absolute Gasteiger partial charge is 0.486 e. The predicted molar refractivity (Wildman–Crippen MR) is 106 cm³/mol. The zero-order valence-electron chi connectivity index (χ0n) is 16.6. The number of carbonyl (C=O) groups excluding carboxylic acids is 1. The fourth-order valence-electron chi connectivity index (χ4n) is 3.17. The van der Waals surface area contributed by atoms with E-state index in [4.69, 9.17) is 9.47 Å². The lowest BCUT2D eigenvalue weighted by Crippen LogP contribution is -2.49. The minimum atomic E-state index is -0.313. The zero-order chi connectivity index (χ0) is 20.1. The van der Waals surface area contributed by atoms with Gasteiger partial charge in [-0.25, -0.2) is 9.18 Å². The number of hydrogen-bond donors (Lipinski definition) is 1. The van der Waals surface area contributed by atoms with Crippen molar-refractivity contribution in [2.24, 2.45) is 0 Å². The summed E-state index contributed by atoms with van der Waals surface area (Å²) in [4.78, 5) is 14.4. The molecule has 2 amide bonds. The van der Waals surface area contributed by atoms with E-state index in [0.29, 0.717) is 32.0 Å². The van der Waals surface area contributed by atoms with Gasteiger partial charge in [-0.3, -0.25) is 0 Å². The molecule has 1 N–H and O–H groups in total. The highest BCUT2D eigenvalue weighted by Crippen LogP contribution is 2.31. The van der Waals surface area contributed by atoms with Gasteiger partial charge in [0.2, 0.25) is 0 Å². The van der Waals surface area contributed by atoms with Gasteiger partial charge in [0.1, 0.15) is 12.4 Å². The van der Waals surface area contributed by atoms with Crippen LogP contribution in [0.5, 0.6) is 11.5 Å². The van der Waals surface area contributed by atoms with Crippen LogP contribution in [-0.2, 0) is 5.41 Å². The molecule has 0 saturated carbocycles. The molecule has 1 aliphatic heterocycles. The van der Waals surface area contributed by atoms with E-state index >= 15 is 0 Å². The zero-order valence-corrected chi connectivity index (χ0v) is 16.6. The number of rotatable bonds is 6. The molecule has 1 unspecified atom stereocenters. The number of likely N-dealkylation sites (N-methyl/N-ethyl adjacent to an activating group) is 1. The van der Waals surface area contributed by atoms with Gasteiger partial charge in [-0.2, -0.15) is 0 Å². The summed E-state index contributed by atoms with van der Waals surface area (Å²) in [6.45, 7) is 7.82. The van der Waals surface area contributed by atoms with Gasteiger partial charge in [-0.15, -0.1) is 0 Å². The normalized spacial score (nSPS) is 15.8. The summed E-state index contributed by atoms with van der Waals surface area (Å²) in [6.07, 6.45) is -0.217. The van der Waals surface area contributed by atoms with Crippen molar-refractivity contribution in [3.8, 4) is 11.5 Å². The Morgan fingerprint density at radius 3 is 2.54 bits per heavy atom. The Morgan fingerprint density at radius 2 is 1.86 bits per heavy atom. The highest BCUT2D eigenvalue weighted by molar-refractivity contribution is 5.74. The molecular formula is C22H27FN2O3. The molecule has 150 valence electrons. The molecule has 1 aliphatic rings. The monoisotopic (exact) mass is 386 g/mol. The van der Waals surface area contributed by atoms with Crippen molar-refractivity contribution < 1.29 is 18.7 Å². The third-order valence-electron chi connectivity index (χ3n) is 4.97. The molecule has 0 spiro atoms. The van der Waals surface area contributed by atoms with E-state index in [-0.39, 0.29) is 23.4 Å². The van der Waals surface area contributed by atoms with Crippen LogP contribution in [-0.4, -0.2) is 43.3 Å². The minimum absolute atomic E-state index is 0.153. The van der Waals surface area contributed by atoms with Crippen LogP contribution in [0.25, 0.3) is 0 Å². The molecule has 5 nitrogen and oxygen atoms in total. The van der Waals surface area contributed by atoms with Crippen molar-refractivity contribution in [1.29, 1.82) is 0 Å². The fraction of sp³-hybridized carbons (Fsp3) is 0.409.